The van der Waals surface area contributed by atoms with Crippen LogP contribution in [0.4, 0.5) is 13.2 Å². The van der Waals surface area contributed by atoms with Crippen LogP contribution in [0.25, 0.3) is 22.5 Å². The zero-order valence-electron chi connectivity index (χ0n) is 13.0. The molecular formula is C17H12F3N3OS. The SMILES string of the molecule is CSc1nccc(-c2ccc(=O)[nH]c2-c2cccc(C(F)(F)F)c2)n1. The molecule has 0 unspecified atom stereocenters. The Morgan fingerprint density at radius 2 is 1.92 bits per heavy atom. The summed E-state index contributed by atoms with van der Waals surface area (Å²) in [4.78, 5) is 22.8. The average molecular weight is 363 g/mol. The largest absolute Gasteiger partial charge is 0.416 e. The lowest BCUT2D eigenvalue weighted by atomic mass is 10.0. The van der Waals surface area contributed by atoms with Gasteiger partial charge in [-0.2, -0.15) is 13.2 Å². The first-order chi connectivity index (χ1) is 11.9. The van der Waals surface area contributed by atoms with Crippen LogP contribution in [-0.4, -0.2) is 21.2 Å². The summed E-state index contributed by atoms with van der Waals surface area (Å²) in [6, 6.07) is 9.31. The number of rotatable bonds is 3. The summed E-state index contributed by atoms with van der Waals surface area (Å²) < 4.78 is 39.0. The van der Waals surface area contributed by atoms with Gasteiger partial charge in [0, 0.05) is 17.8 Å². The molecule has 2 aromatic heterocycles. The standard InChI is InChI=1S/C17H12F3N3OS/c1-25-16-21-8-7-13(22-16)12-5-6-14(24)23-15(12)10-3-2-4-11(9-10)17(18,19)20/h2-9H,1H3,(H,23,24). The molecule has 2 heterocycles. The number of alkyl halides is 3. The van der Waals surface area contributed by atoms with Crippen molar-refractivity contribution in [2.45, 2.75) is 11.3 Å². The van der Waals surface area contributed by atoms with Crippen molar-refractivity contribution in [3.05, 3.63) is 64.6 Å². The summed E-state index contributed by atoms with van der Waals surface area (Å²) in [6.07, 6.45) is -1.08. The Hall–Kier alpha value is -2.61. The minimum Gasteiger partial charge on any atom is -0.321 e. The first kappa shape index (κ1) is 17.2. The Morgan fingerprint density at radius 3 is 2.64 bits per heavy atom. The first-order valence-corrected chi connectivity index (χ1v) is 8.39. The molecule has 4 nitrogen and oxygen atoms in total. The quantitative estimate of drug-likeness (QED) is 0.559. The number of thioether (sulfide) groups is 1. The van der Waals surface area contributed by atoms with Crippen LogP contribution in [0.2, 0.25) is 0 Å². The normalized spacial score (nSPS) is 11.5. The summed E-state index contributed by atoms with van der Waals surface area (Å²) in [7, 11) is 0. The van der Waals surface area contributed by atoms with Gasteiger partial charge in [0.05, 0.1) is 17.0 Å². The third-order valence-corrected chi connectivity index (χ3v) is 4.05. The van der Waals surface area contributed by atoms with Crippen LogP contribution in [0.15, 0.2) is 58.6 Å². The van der Waals surface area contributed by atoms with Crippen LogP contribution in [-0.2, 0) is 6.18 Å². The molecule has 0 bridgehead atoms. The number of benzene rings is 1. The molecule has 0 atom stereocenters. The smallest absolute Gasteiger partial charge is 0.321 e. The number of halogens is 3. The maximum absolute atomic E-state index is 13.0. The van der Waals surface area contributed by atoms with Gasteiger partial charge in [-0.25, -0.2) is 9.97 Å². The molecule has 1 aromatic carbocycles. The third kappa shape index (κ3) is 3.74. The van der Waals surface area contributed by atoms with E-state index in [0.717, 1.165) is 12.1 Å². The predicted molar refractivity (Wildman–Crippen MR) is 90.3 cm³/mol. The second-order valence-electron chi connectivity index (χ2n) is 5.12. The fourth-order valence-electron chi connectivity index (χ4n) is 2.36. The molecule has 0 amide bonds. The summed E-state index contributed by atoms with van der Waals surface area (Å²) in [5.74, 6) is 0. The molecule has 0 aliphatic heterocycles. The van der Waals surface area contributed by atoms with E-state index in [9.17, 15) is 18.0 Å². The van der Waals surface area contributed by atoms with E-state index in [1.54, 1.807) is 18.3 Å². The zero-order valence-corrected chi connectivity index (χ0v) is 13.8. The summed E-state index contributed by atoms with van der Waals surface area (Å²) >= 11 is 1.35. The minimum absolute atomic E-state index is 0.256. The second-order valence-corrected chi connectivity index (χ2v) is 5.89. The van der Waals surface area contributed by atoms with E-state index in [1.165, 1.54) is 30.0 Å². The Morgan fingerprint density at radius 1 is 1.12 bits per heavy atom. The molecule has 8 heteroatoms. The van der Waals surface area contributed by atoms with Gasteiger partial charge in [-0.15, -0.1) is 0 Å². The number of hydrogen-bond donors (Lipinski definition) is 1. The lowest BCUT2D eigenvalue weighted by Gasteiger charge is -2.12. The van der Waals surface area contributed by atoms with E-state index >= 15 is 0 Å². The number of nitrogens with zero attached hydrogens (tertiary/aromatic N) is 2. The maximum Gasteiger partial charge on any atom is 0.416 e. The molecule has 25 heavy (non-hydrogen) atoms. The van der Waals surface area contributed by atoms with E-state index in [-0.39, 0.29) is 11.3 Å². The molecule has 3 aromatic rings. The zero-order chi connectivity index (χ0) is 18.0. The van der Waals surface area contributed by atoms with E-state index in [4.69, 9.17) is 0 Å². The molecular weight excluding hydrogens is 351 g/mol. The number of nitrogens with one attached hydrogen (secondary N) is 1. The van der Waals surface area contributed by atoms with Crippen molar-refractivity contribution in [1.29, 1.82) is 0 Å². The van der Waals surface area contributed by atoms with Gasteiger partial charge in [-0.1, -0.05) is 23.9 Å². The van der Waals surface area contributed by atoms with Gasteiger partial charge in [-0.05, 0) is 36.1 Å². The Labute approximate surface area is 145 Å². The molecule has 0 radical (unpaired) electrons. The summed E-state index contributed by atoms with van der Waals surface area (Å²) in [5, 5.41) is 0.527. The minimum atomic E-state index is -4.47. The predicted octanol–water partition coefficient (Wildman–Crippen LogP) is 4.24. The third-order valence-electron chi connectivity index (χ3n) is 3.49. The van der Waals surface area contributed by atoms with E-state index in [0.29, 0.717) is 16.4 Å². The summed E-state index contributed by atoms with van der Waals surface area (Å²) in [5.41, 5.74) is 0.388. The van der Waals surface area contributed by atoms with Crippen LogP contribution >= 0.6 is 11.8 Å². The van der Waals surface area contributed by atoms with Crippen LogP contribution in [0.3, 0.4) is 0 Å². The van der Waals surface area contributed by atoms with E-state index in [2.05, 4.69) is 15.0 Å². The van der Waals surface area contributed by atoms with Crippen LogP contribution in [0, 0.1) is 0 Å². The number of pyridine rings is 1. The van der Waals surface area contributed by atoms with Crippen molar-refractivity contribution in [1.82, 2.24) is 15.0 Å². The second kappa shape index (κ2) is 6.72. The van der Waals surface area contributed by atoms with Crippen molar-refractivity contribution in [3.8, 4) is 22.5 Å². The van der Waals surface area contributed by atoms with Gasteiger partial charge >= 0.3 is 6.18 Å². The number of hydrogen-bond acceptors (Lipinski definition) is 4. The van der Waals surface area contributed by atoms with Crippen molar-refractivity contribution in [2.24, 2.45) is 0 Å². The highest BCUT2D eigenvalue weighted by molar-refractivity contribution is 7.98. The highest BCUT2D eigenvalue weighted by atomic mass is 32.2. The summed E-state index contributed by atoms with van der Waals surface area (Å²) in [6.45, 7) is 0. The molecule has 0 saturated heterocycles. The van der Waals surface area contributed by atoms with E-state index in [1.807, 2.05) is 6.26 Å². The molecule has 0 aliphatic carbocycles. The Bertz CT molecular complexity index is 970. The monoisotopic (exact) mass is 363 g/mol. The fourth-order valence-corrected chi connectivity index (χ4v) is 2.71. The Balaban J connectivity index is 2.20. The van der Waals surface area contributed by atoms with Gasteiger partial charge in [0.15, 0.2) is 5.16 Å². The molecule has 0 aliphatic rings. The molecule has 128 valence electrons. The topological polar surface area (TPSA) is 58.6 Å². The van der Waals surface area contributed by atoms with Crippen molar-refractivity contribution >= 4 is 11.8 Å². The molecule has 0 fully saturated rings. The number of H-pyrrole nitrogens is 1. The number of aromatic amines is 1. The lowest BCUT2D eigenvalue weighted by molar-refractivity contribution is -0.137. The van der Waals surface area contributed by atoms with Gasteiger partial charge < -0.3 is 4.98 Å². The maximum atomic E-state index is 13.0. The number of aromatic nitrogens is 3. The van der Waals surface area contributed by atoms with Gasteiger partial charge in [-0.3, -0.25) is 4.79 Å². The lowest BCUT2D eigenvalue weighted by Crippen LogP contribution is -2.08. The molecule has 0 saturated carbocycles. The average Bonchev–Trinajstić information content (AvgIpc) is 2.61. The molecule has 3 rings (SSSR count). The van der Waals surface area contributed by atoms with E-state index < -0.39 is 17.3 Å². The van der Waals surface area contributed by atoms with Crippen molar-refractivity contribution in [3.63, 3.8) is 0 Å². The highest BCUT2D eigenvalue weighted by Gasteiger charge is 2.30. The molecule has 0 spiro atoms. The van der Waals surface area contributed by atoms with Crippen LogP contribution < -0.4 is 5.56 Å². The Kier molecular flexibility index (Phi) is 4.63. The highest BCUT2D eigenvalue weighted by Crippen LogP contribution is 2.34. The van der Waals surface area contributed by atoms with Gasteiger partial charge in [0.25, 0.3) is 0 Å². The fraction of sp³-hybridized carbons (Fsp3) is 0.118. The van der Waals surface area contributed by atoms with Crippen molar-refractivity contribution in [2.75, 3.05) is 6.26 Å². The van der Waals surface area contributed by atoms with Crippen LogP contribution in [0.5, 0.6) is 0 Å². The molecule has 1 N–H and O–H groups in total. The van der Waals surface area contributed by atoms with Gasteiger partial charge in [0.2, 0.25) is 5.56 Å². The van der Waals surface area contributed by atoms with Crippen molar-refractivity contribution < 1.29 is 13.2 Å². The first-order valence-electron chi connectivity index (χ1n) is 7.17. The van der Waals surface area contributed by atoms with Gasteiger partial charge in [0.1, 0.15) is 0 Å². The van der Waals surface area contributed by atoms with Crippen LogP contribution in [0.1, 0.15) is 5.56 Å².